The number of aryl methyl sites for hydroxylation is 2. The zero-order chi connectivity index (χ0) is 11.3. The lowest BCUT2D eigenvalue weighted by Gasteiger charge is -2.06. The highest BCUT2D eigenvalue weighted by Gasteiger charge is 2.08. The first kappa shape index (κ1) is 12.1. The maximum Gasteiger partial charge on any atom is 0.114 e. The number of hydrogen-bond donors (Lipinski definition) is 0. The number of nitriles is 1. The normalized spacial score (nSPS) is 10.0. The summed E-state index contributed by atoms with van der Waals surface area (Å²) in [5.74, 6) is 1.04. The van der Waals surface area contributed by atoms with Crippen molar-refractivity contribution in [1.29, 1.82) is 5.26 Å². The van der Waals surface area contributed by atoms with Gasteiger partial charge in [-0.3, -0.25) is 0 Å². The molecule has 1 heterocycles. The van der Waals surface area contributed by atoms with Crippen LogP contribution >= 0.6 is 11.8 Å². The van der Waals surface area contributed by atoms with Gasteiger partial charge in [-0.2, -0.15) is 5.26 Å². The van der Waals surface area contributed by atoms with Crippen LogP contribution in [0.3, 0.4) is 0 Å². The van der Waals surface area contributed by atoms with Crippen molar-refractivity contribution in [2.45, 2.75) is 38.6 Å². The average Bonchev–Trinajstić information content (AvgIpc) is 2.17. The predicted molar refractivity (Wildman–Crippen MR) is 64.1 cm³/mol. The van der Waals surface area contributed by atoms with Crippen molar-refractivity contribution in [3.63, 3.8) is 0 Å². The molecule has 0 unspecified atom stereocenters. The molecule has 0 amide bonds. The van der Waals surface area contributed by atoms with Crippen molar-refractivity contribution < 1.29 is 0 Å². The summed E-state index contributed by atoms with van der Waals surface area (Å²) in [6.45, 7) is 6.11. The molecule has 0 radical (unpaired) electrons. The van der Waals surface area contributed by atoms with Gasteiger partial charge in [0.1, 0.15) is 11.1 Å². The highest BCUT2D eigenvalue weighted by molar-refractivity contribution is 7.99. The predicted octanol–water partition coefficient (Wildman–Crippen LogP) is 3.46. The number of aromatic nitrogens is 1. The van der Waals surface area contributed by atoms with Crippen molar-refractivity contribution in [3.05, 3.63) is 22.9 Å². The van der Waals surface area contributed by atoms with Crippen LogP contribution in [0, 0.1) is 25.2 Å². The smallest absolute Gasteiger partial charge is 0.114 e. The number of rotatable bonds is 4. The largest absolute Gasteiger partial charge is 0.245 e. The molecule has 1 rings (SSSR count). The zero-order valence-corrected chi connectivity index (χ0v) is 10.3. The Bertz CT molecular complexity index is 380. The maximum atomic E-state index is 9.04. The third-order valence-electron chi connectivity index (χ3n) is 2.16. The van der Waals surface area contributed by atoms with E-state index < -0.39 is 0 Å². The van der Waals surface area contributed by atoms with E-state index in [1.54, 1.807) is 11.8 Å². The van der Waals surface area contributed by atoms with Gasteiger partial charge in [-0.15, -0.1) is 11.8 Å². The molecule has 0 N–H and O–H groups in total. The quantitative estimate of drug-likeness (QED) is 0.576. The minimum atomic E-state index is 0.738. The summed E-state index contributed by atoms with van der Waals surface area (Å²) in [5.41, 5.74) is 2.76. The van der Waals surface area contributed by atoms with E-state index in [1.807, 2.05) is 19.9 Å². The molecule has 15 heavy (non-hydrogen) atoms. The fourth-order valence-corrected chi connectivity index (χ4v) is 2.54. The van der Waals surface area contributed by atoms with Crippen molar-refractivity contribution >= 4 is 11.8 Å². The van der Waals surface area contributed by atoms with Gasteiger partial charge in [0.15, 0.2) is 0 Å². The van der Waals surface area contributed by atoms with Crippen LogP contribution in [0.4, 0.5) is 0 Å². The lowest BCUT2D eigenvalue weighted by molar-refractivity contribution is 0.893. The molecule has 2 nitrogen and oxygen atoms in total. The van der Waals surface area contributed by atoms with Gasteiger partial charge < -0.3 is 0 Å². The summed E-state index contributed by atoms with van der Waals surface area (Å²) >= 11 is 1.69. The zero-order valence-electron chi connectivity index (χ0n) is 9.50. The number of pyridine rings is 1. The van der Waals surface area contributed by atoms with E-state index in [0.717, 1.165) is 27.6 Å². The Labute approximate surface area is 95.7 Å². The van der Waals surface area contributed by atoms with Crippen molar-refractivity contribution in [2.75, 3.05) is 5.75 Å². The molecule has 0 saturated carbocycles. The van der Waals surface area contributed by atoms with Gasteiger partial charge in [0.25, 0.3) is 0 Å². The highest BCUT2D eigenvalue weighted by Crippen LogP contribution is 2.24. The highest BCUT2D eigenvalue weighted by atomic mass is 32.2. The molecule has 1 aromatic rings. The van der Waals surface area contributed by atoms with Gasteiger partial charge in [0, 0.05) is 5.69 Å². The van der Waals surface area contributed by atoms with Crippen LogP contribution in [0.5, 0.6) is 0 Å². The number of unbranched alkanes of at least 4 members (excludes halogenated alkanes) is 1. The van der Waals surface area contributed by atoms with Crippen LogP contribution in [-0.2, 0) is 0 Å². The summed E-state index contributed by atoms with van der Waals surface area (Å²) in [4.78, 5) is 4.42. The molecule has 0 bridgehead atoms. The molecule has 80 valence electrons. The number of thioether (sulfide) groups is 1. The lowest BCUT2D eigenvalue weighted by atomic mass is 10.1. The van der Waals surface area contributed by atoms with Crippen LogP contribution < -0.4 is 0 Å². The van der Waals surface area contributed by atoms with Crippen LogP contribution in [0.2, 0.25) is 0 Å². The fraction of sp³-hybridized carbons (Fsp3) is 0.500. The van der Waals surface area contributed by atoms with E-state index in [4.69, 9.17) is 5.26 Å². The minimum absolute atomic E-state index is 0.738. The third-order valence-corrected chi connectivity index (χ3v) is 3.22. The van der Waals surface area contributed by atoms with E-state index in [-0.39, 0.29) is 0 Å². The molecule has 0 aromatic carbocycles. The molecule has 0 fully saturated rings. The second-order valence-corrected chi connectivity index (χ2v) is 4.66. The summed E-state index contributed by atoms with van der Waals surface area (Å²) < 4.78 is 0. The average molecular weight is 220 g/mol. The molecule has 0 spiro atoms. The monoisotopic (exact) mass is 220 g/mol. The van der Waals surface area contributed by atoms with Crippen molar-refractivity contribution in [1.82, 2.24) is 4.98 Å². The molecular formula is C12H16N2S. The van der Waals surface area contributed by atoms with E-state index in [9.17, 15) is 0 Å². The Hall–Kier alpha value is -1.01. The SMILES string of the molecule is CCCCSc1nc(C)cc(C)c1C#N. The minimum Gasteiger partial charge on any atom is -0.245 e. The Morgan fingerprint density at radius 2 is 2.20 bits per heavy atom. The van der Waals surface area contributed by atoms with E-state index >= 15 is 0 Å². The van der Waals surface area contributed by atoms with Crippen LogP contribution in [0.15, 0.2) is 11.1 Å². The second kappa shape index (κ2) is 5.77. The molecule has 0 aliphatic heterocycles. The van der Waals surface area contributed by atoms with Crippen LogP contribution in [-0.4, -0.2) is 10.7 Å². The first-order valence-electron chi connectivity index (χ1n) is 5.20. The van der Waals surface area contributed by atoms with Gasteiger partial charge in [-0.05, 0) is 37.7 Å². The van der Waals surface area contributed by atoms with Gasteiger partial charge in [-0.25, -0.2) is 4.98 Å². The standard InChI is InChI=1S/C12H16N2S/c1-4-5-6-15-12-11(8-13)9(2)7-10(3)14-12/h7H,4-6H2,1-3H3. The van der Waals surface area contributed by atoms with Gasteiger partial charge in [0.05, 0.1) is 5.56 Å². The van der Waals surface area contributed by atoms with Gasteiger partial charge in [0.2, 0.25) is 0 Å². The lowest BCUT2D eigenvalue weighted by Crippen LogP contribution is -1.94. The molecule has 0 saturated heterocycles. The van der Waals surface area contributed by atoms with Crippen molar-refractivity contribution in [3.8, 4) is 6.07 Å². The number of hydrogen-bond acceptors (Lipinski definition) is 3. The van der Waals surface area contributed by atoms with Gasteiger partial charge in [-0.1, -0.05) is 13.3 Å². The van der Waals surface area contributed by atoms with Gasteiger partial charge >= 0.3 is 0 Å². The summed E-state index contributed by atoms with van der Waals surface area (Å²) in [7, 11) is 0. The van der Waals surface area contributed by atoms with Crippen LogP contribution in [0.25, 0.3) is 0 Å². The van der Waals surface area contributed by atoms with E-state index in [1.165, 1.54) is 12.8 Å². The molecule has 3 heteroatoms. The van der Waals surface area contributed by atoms with E-state index in [2.05, 4.69) is 18.0 Å². The molecule has 1 aromatic heterocycles. The summed E-state index contributed by atoms with van der Waals surface area (Å²) in [5, 5.41) is 9.94. The summed E-state index contributed by atoms with van der Waals surface area (Å²) in [6.07, 6.45) is 2.35. The Balaban J connectivity index is 2.90. The van der Waals surface area contributed by atoms with Crippen molar-refractivity contribution in [2.24, 2.45) is 0 Å². The molecule has 0 aliphatic carbocycles. The Kier molecular flexibility index (Phi) is 4.64. The molecule has 0 atom stereocenters. The third kappa shape index (κ3) is 3.24. The number of nitrogens with zero attached hydrogens (tertiary/aromatic N) is 2. The van der Waals surface area contributed by atoms with E-state index in [0.29, 0.717) is 0 Å². The molecular weight excluding hydrogens is 204 g/mol. The first-order valence-corrected chi connectivity index (χ1v) is 6.18. The summed E-state index contributed by atoms with van der Waals surface area (Å²) in [6, 6.07) is 4.20. The molecule has 0 aliphatic rings. The first-order chi connectivity index (χ1) is 7.19. The van der Waals surface area contributed by atoms with Crippen LogP contribution in [0.1, 0.15) is 36.6 Å². The Morgan fingerprint density at radius 3 is 2.80 bits per heavy atom. The maximum absolute atomic E-state index is 9.04. The Morgan fingerprint density at radius 1 is 1.47 bits per heavy atom. The fourth-order valence-electron chi connectivity index (χ4n) is 1.36. The second-order valence-electron chi connectivity index (χ2n) is 3.57. The topological polar surface area (TPSA) is 36.7 Å².